The minimum atomic E-state index is -0.461. The van der Waals surface area contributed by atoms with Gasteiger partial charge in [0.1, 0.15) is 6.04 Å². The quantitative estimate of drug-likeness (QED) is 0.465. The van der Waals surface area contributed by atoms with E-state index in [-0.39, 0.29) is 17.9 Å². The van der Waals surface area contributed by atoms with Crippen molar-refractivity contribution in [2.24, 2.45) is 0 Å². The molecule has 0 aliphatic carbocycles. The maximum Gasteiger partial charge on any atom is 0.243 e. The van der Waals surface area contributed by atoms with Gasteiger partial charge in [0, 0.05) is 23.4 Å². The molecular weight excluding hydrogens is 428 g/mol. The lowest BCUT2D eigenvalue weighted by atomic mass is 10.1. The van der Waals surface area contributed by atoms with Crippen molar-refractivity contribution in [2.75, 3.05) is 12.3 Å². The molecule has 2 rings (SSSR count). The minimum absolute atomic E-state index is 0.00545. The first-order valence-corrected chi connectivity index (χ1v) is 12.4. The van der Waals surface area contributed by atoms with Gasteiger partial charge in [-0.25, -0.2) is 0 Å². The fraction of sp³-hybridized carbons (Fsp3) is 0.440. The average molecular weight is 461 g/mol. The van der Waals surface area contributed by atoms with E-state index < -0.39 is 6.04 Å². The zero-order valence-corrected chi connectivity index (χ0v) is 20.2. The number of carbonyl (C=O) groups is 2. The Balaban J connectivity index is 2.06. The van der Waals surface area contributed by atoms with E-state index in [1.165, 1.54) is 0 Å². The molecule has 2 atom stereocenters. The molecule has 0 bridgehead atoms. The van der Waals surface area contributed by atoms with E-state index in [9.17, 15) is 9.59 Å². The predicted molar refractivity (Wildman–Crippen MR) is 131 cm³/mol. The van der Waals surface area contributed by atoms with E-state index in [1.807, 2.05) is 63.2 Å². The van der Waals surface area contributed by atoms with Gasteiger partial charge >= 0.3 is 0 Å². The fourth-order valence-electron chi connectivity index (χ4n) is 3.30. The van der Waals surface area contributed by atoms with Crippen LogP contribution in [-0.2, 0) is 21.8 Å². The van der Waals surface area contributed by atoms with Crippen LogP contribution in [-0.4, -0.2) is 41.1 Å². The maximum atomic E-state index is 13.2. The summed E-state index contributed by atoms with van der Waals surface area (Å²) in [6.07, 6.45) is 2.16. The Morgan fingerprint density at radius 2 is 1.74 bits per heavy atom. The van der Waals surface area contributed by atoms with Crippen LogP contribution < -0.4 is 5.32 Å². The van der Waals surface area contributed by atoms with Crippen LogP contribution in [0.15, 0.2) is 54.6 Å². The summed E-state index contributed by atoms with van der Waals surface area (Å²) in [5, 5.41) is 3.74. The van der Waals surface area contributed by atoms with E-state index in [2.05, 4.69) is 17.4 Å². The molecule has 2 aromatic carbocycles. The SMILES string of the molecule is CC[C@@H](C)NC(=O)[C@H](CC)N(CCc1ccccc1)C(=O)CSCc1cccc(Cl)c1. The molecule has 0 spiro atoms. The minimum Gasteiger partial charge on any atom is -0.352 e. The number of rotatable bonds is 12. The maximum absolute atomic E-state index is 13.2. The summed E-state index contributed by atoms with van der Waals surface area (Å²) in [6.45, 7) is 6.51. The number of thioether (sulfide) groups is 1. The predicted octanol–water partition coefficient (Wildman–Crippen LogP) is 5.34. The van der Waals surface area contributed by atoms with E-state index in [4.69, 9.17) is 11.6 Å². The van der Waals surface area contributed by atoms with Gasteiger partial charge in [0.2, 0.25) is 11.8 Å². The van der Waals surface area contributed by atoms with Crippen molar-refractivity contribution >= 4 is 35.2 Å². The van der Waals surface area contributed by atoms with Gasteiger partial charge in [0.25, 0.3) is 0 Å². The van der Waals surface area contributed by atoms with Gasteiger partial charge in [-0.1, -0.05) is 67.9 Å². The third-order valence-corrected chi connectivity index (χ3v) is 6.48. The summed E-state index contributed by atoms with van der Waals surface area (Å²) in [7, 11) is 0. The van der Waals surface area contributed by atoms with Gasteiger partial charge in [-0.05, 0) is 49.4 Å². The van der Waals surface area contributed by atoms with Crippen LogP contribution in [0.3, 0.4) is 0 Å². The number of nitrogens with zero attached hydrogens (tertiary/aromatic N) is 1. The Morgan fingerprint density at radius 1 is 1.03 bits per heavy atom. The van der Waals surface area contributed by atoms with Crippen molar-refractivity contribution in [3.63, 3.8) is 0 Å². The topological polar surface area (TPSA) is 49.4 Å². The van der Waals surface area contributed by atoms with Crippen LogP contribution in [0.4, 0.5) is 0 Å². The Labute approximate surface area is 195 Å². The van der Waals surface area contributed by atoms with Crippen molar-refractivity contribution in [1.82, 2.24) is 10.2 Å². The van der Waals surface area contributed by atoms with Crippen molar-refractivity contribution in [2.45, 2.75) is 57.9 Å². The van der Waals surface area contributed by atoms with Gasteiger partial charge in [-0.15, -0.1) is 11.8 Å². The second kappa shape index (κ2) is 13.4. The van der Waals surface area contributed by atoms with Gasteiger partial charge < -0.3 is 10.2 Å². The Kier molecular flexibility index (Phi) is 11.0. The summed E-state index contributed by atoms with van der Waals surface area (Å²) in [5.74, 6) is 0.954. The molecule has 0 heterocycles. The molecule has 4 nitrogen and oxygen atoms in total. The van der Waals surface area contributed by atoms with Crippen molar-refractivity contribution in [3.05, 3.63) is 70.7 Å². The highest BCUT2D eigenvalue weighted by Gasteiger charge is 2.28. The second-order valence-corrected chi connectivity index (χ2v) is 9.11. The Bertz CT molecular complexity index is 831. The number of halogens is 1. The molecule has 31 heavy (non-hydrogen) atoms. The van der Waals surface area contributed by atoms with Crippen LogP contribution >= 0.6 is 23.4 Å². The molecule has 6 heteroatoms. The van der Waals surface area contributed by atoms with Crippen molar-refractivity contribution < 1.29 is 9.59 Å². The molecule has 2 aromatic rings. The lowest BCUT2D eigenvalue weighted by molar-refractivity contribution is -0.139. The summed E-state index contributed by atoms with van der Waals surface area (Å²) >= 11 is 7.61. The number of benzene rings is 2. The first-order chi connectivity index (χ1) is 14.9. The van der Waals surface area contributed by atoms with Gasteiger partial charge in [-0.2, -0.15) is 0 Å². The summed E-state index contributed by atoms with van der Waals surface area (Å²) in [5.41, 5.74) is 2.24. The highest BCUT2D eigenvalue weighted by atomic mass is 35.5. The smallest absolute Gasteiger partial charge is 0.243 e. The molecule has 0 radical (unpaired) electrons. The number of carbonyl (C=O) groups excluding carboxylic acids is 2. The highest BCUT2D eigenvalue weighted by Crippen LogP contribution is 2.18. The number of nitrogens with one attached hydrogen (secondary N) is 1. The van der Waals surface area contributed by atoms with Crippen LogP contribution in [0, 0.1) is 0 Å². The number of hydrogen-bond acceptors (Lipinski definition) is 3. The zero-order valence-electron chi connectivity index (χ0n) is 18.6. The third-order valence-electron chi connectivity index (χ3n) is 5.25. The second-order valence-electron chi connectivity index (χ2n) is 7.69. The first kappa shape index (κ1) is 25.3. The standard InChI is InChI=1S/C25H33ClN2O2S/c1-4-19(3)27-25(30)23(5-2)28(15-14-20-10-7-6-8-11-20)24(29)18-31-17-21-12-9-13-22(26)16-21/h6-13,16,19,23H,4-5,14-15,17-18H2,1-3H3,(H,27,30)/t19-,23+/m1/s1. The Morgan fingerprint density at radius 3 is 2.39 bits per heavy atom. The van der Waals surface area contributed by atoms with E-state index >= 15 is 0 Å². The molecule has 168 valence electrons. The normalized spacial score (nSPS) is 12.8. The zero-order chi connectivity index (χ0) is 22.6. The summed E-state index contributed by atoms with van der Waals surface area (Å²) in [4.78, 5) is 27.8. The van der Waals surface area contributed by atoms with Gasteiger partial charge in [0.05, 0.1) is 5.75 Å². The monoisotopic (exact) mass is 460 g/mol. The van der Waals surface area contributed by atoms with E-state index in [0.717, 1.165) is 24.0 Å². The third kappa shape index (κ3) is 8.58. The largest absolute Gasteiger partial charge is 0.352 e. The Hall–Kier alpha value is -1.98. The van der Waals surface area contributed by atoms with E-state index in [0.29, 0.717) is 29.5 Å². The summed E-state index contributed by atoms with van der Waals surface area (Å²) in [6, 6.07) is 17.4. The van der Waals surface area contributed by atoms with Crippen LogP contribution in [0.5, 0.6) is 0 Å². The molecule has 0 aromatic heterocycles. The van der Waals surface area contributed by atoms with Crippen molar-refractivity contribution in [3.8, 4) is 0 Å². The first-order valence-electron chi connectivity index (χ1n) is 10.9. The van der Waals surface area contributed by atoms with Crippen LogP contribution in [0.1, 0.15) is 44.7 Å². The lowest BCUT2D eigenvalue weighted by Gasteiger charge is -2.31. The van der Waals surface area contributed by atoms with Crippen molar-refractivity contribution in [1.29, 1.82) is 0 Å². The van der Waals surface area contributed by atoms with Crippen LogP contribution in [0.25, 0.3) is 0 Å². The van der Waals surface area contributed by atoms with Gasteiger partial charge in [0.15, 0.2) is 0 Å². The average Bonchev–Trinajstić information content (AvgIpc) is 2.77. The fourth-order valence-corrected chi connectivity index (χ4v) is 4.37. The number of hydrogen-bond donors (Lipinski definition) is 1. The molecule has 0 fully saturated rings. The number of amides is 2. The highest BCUT2D eigenvalue weighted by molar-refractivity contribution is 7.99. The summed E-state index contributed by atoms with van der Waals surface area (Å²) < 4.78 is 0. The lowest BCUT2D eigenvalue weighted by Crippen LogP contribution is -2.52. The van der Waals surface area contributed by atoms with Crippen LogP contribution in [0.2, 0.25) is 5.02 Å². The molecular formula is C25H33ClN2O2S. The molecule has 0 saturated carbocycles. The molecule has 2 amide bonds. The van der Waals surface area contributed by atoms with E-state index in [1.54, 1.807) is 16.7 Å². The molecule has 0 unspecified atom stereocenters. The molecule has 0 aliphatic rings. The molecule has 0 saturated heterocycles. The van der Waals surface area contributed by atoms with Gasteiger partial charge in [-0.3, -0.25) is 9.59 Å². The molecule has 0 aliphatic heterocycles. The molecule has 1 N–H and O–H groups in total.